The van der Waals surface area contributed by atoms with Crippen molar-refractivity contribution in [2.45, 2.75) is 43.7 Å². The Balaban J connectivity index is 1.19. The fourth-order valence-electron chi connectivity index (χ4n) is 4.28. The molecule has 9 heteroatoms. The van der Waals surface area contributed by atoms with Crippen molar-refractivity contribution in [2.24, 2.45) is 5.92 Å². The van der Waals surface area contributed by atoms with Gasteiger partial charge in [0, 0.05) is 38.6 Å². The fourth-order valence-corrected chi connectivity index (χ4v) is 4.92. The minimum Gasteiger partial charge on any atom is -0.355 e. The van der Waals surface area contributed by atoms with E-state index in [1.807, 2.05) is 17.0 Å². The highest BCUT2D eigenvalue weighted by Gasteiger charge is 2.29. The molecule has 0 aliphatic carbocycles. The zero-order chi connectivity index (χ0) is 23.0. The summed E-state index contributed by atoms with van der Waals surface area (Å²) < 4.78 is 12.9. The average molecular weight is 472 g/mol. The van der Waals surface area contributed by atoms with Crippen molar-refractivity contribution < 1.29 is 14.0 Å². The van der Waals surface area contributed by atoms with Crippen molar-refractivity contribution in [2.75, 3.05) is 36.8 Å². The molecule has 33 heavy (non-hydrogen) atoms. The Morgan fingerprint density at radius 2 is 1.70 bits per heavy atom. The Bertz CT molecular complexity index is 927. The van der Waals surface area contributed by atoms with E-state index in [1.54, 1.807) is 12.1 Å². The molecule has 0 saturated carbocycles. The maximum Gasteiger partial charge on any atom is 0.230 e. The van der Waals surface area contributed by atoms with E-state index in [0.29, 0.717) is 17.5 Å². The number of likely N-dealkylation sites (tertiary alicyclic amines) is 1. The Morgan fingerprint density at radius 3 is 2.36 bits per heavy atom. The second kappa shape index (κ2) is 11.4. The maximum atomic E-state index is 12.9. The largest absolute Gasteiger partial charge is 0.355 e. The van der Waals surface area contributed by atoms with Crippen molar-refractivity contribution in [1.82, 2.24) is 20.4 Å². The smallest absolute Gasteiger partial charge is 0.230 e. The molecule has 0 radical (unpaired) electrons. The van der Waals surface area contributed by atoms with Gasteiger partial charge in [-0.15, -0.1) is 10.2 Å². The Labute approximate surface area is 198 Å². The van der Waals surface area contributed by atoms with Crippen LogP contribution >= 0.6 is 11.8 Å². The van der Waals surface area contributed by atoms with Gasteiger partial charge in [0.2, 0.25) is 11.8 Å². The van der Waals surface area contributed by atoms with Gasteiger partial charge >= 0.3 is 0 Å². The molecule has 2 saturated heterocycles. The van der Waals surface area contributed by atoms with E-state index in [2.05, 4.69) is 20.4 Å². The molecule has 2 aliphatic heterocycles. The van der Waals surface area contributed by atoms with Gasteiger partial charge in [-0.1, -0.05) is 23.9 Å². The highest BCUT2D eigenvalue weighted by atomic mass is 32.2. The molecule has 2 fully saturated rings. The first-order valence-electron chi connectivity index (χ1n) is 11.6. The Hall–Kier alpha value is -2.68. The lowest BCUT2D eigenvalue weighted by atomic mass is 9.94. The maximum absolute atomic E-state index is 12.9. The second-order valence-corrected chi connectivity index (χ2v) is 9.56. The summed E-state index contributed by atoms with van der Waals surface area (Å²) in [7, 11) is 0. The number of benzene rings is 1. The fraction of sp³-hybridized carbons (Fsp3) is 0.500. The van der Waals surface area contributed by atoms with Crippen molar-refractivity contribution in [3.63, 3.8) is 0 Å². The number of nitrogens with zero attached hydrogens (tertiary/aromatic N) is 4. The van der Waals surface area contributed by atoms with Crippen molar-refractivity contribution in [3.05, 3.63) is 47.8 Å². The van der Waals surface area contributed by atoms with E-state index >= 15 is 0 Å². The first-order chi connectivity index (χ1) is 16.1. The Kier molecular flexibility index (Phi) is 8.15. The van der Waals surface area contributed by atoms with Crippen molar-refractivity contribution in [1.29, 1.82) is 0 Å². The summed E-state index contributed by atoms with van der Waals surface area (Å²) >= 11 is 1.33. The highest BCUT2D eigenvalue weighted by molar-refractivity contribution is 7.99. The molecule has 2 aliphatic rings. The number of thioether (sulfide) groups is 1. The third-order valence-electron chi connectivity index (χ3n) is 6.22. The number of nitrogens with one attached hydrogen (secondary N) is 1. The number of halogens is 1. The first-order valence-corrected chi connectivity index (χ1v) is 12.6. The molecule has 0 spiro atoms. The number of hydrogen-bond acceptors (Lipinski definition) is 6. The van der Waals surface area contributed by atoms with E-state index in [4.69, 9.17) is 0 Å². The van der Waals surface area contributed by atoms with Crippen LogP contribution in [0.1, 0.15) is 37.7 Å². The SMILES string of the molecule is O=C(CSc1ccc(N2CCC(C(=O)N3CCCCC3)CC2)nn1)NCc1ccc(F)cc1. The van der Waals surface area contributed by atoms with Crippen molar-refractivity contribution >= 4 is 29.4 Å². The second-order valence-electron chi connectivity index (χ2n) is 8.57. The molecular weight excluding hydrogens is 441 g/mol. The molecule has 0 bridgehead atoms. The highest BCUT2D eigenvalue weighted by Crippen LogP contribution is 2.25. The number of hydrogen-bond donors (Lipinski definition) is 1. The molecule has 2 aromatic rings. The summed E-state index contributed by atoms with van der Waals surface area (Å²) in [6.45, 7) is 3.79. The monoisotopic (exact) mass is 471 g/mol. The van der Waals surface area contributed by atoms with Gasteiger partial charge < -0.3 is 15.1 Å². The van der Waals surface area contributed by atoms with Gasteiger partial charge in [0.1, 0.15) is 10.8 Å². The minimum absolute atomic E-state index is 0.115. The van der Waals surface area contributed by atoms with Crippen LogP contribution in [0.15, 0.2) is 41.4 Å². The molecule has 1 N–H and O–H groups in total. The third-order valence-corrected chi connectivity index (χ3v) is 7.14. The van der Waals surface area contributed by atoms with Crippen molar-refractivity contribution in [3.8, 4) is 0 Å². The molecule has 176 valence electrons. The topological polar surface area (TPSA) is 78.4 Å². The molecule has 4 rings (SSSR count). The van der Waals surface area contributed by atoms with Crippen LogP contribution < -0.4 is 10.2 Å². The molecule has 3 heterocycles. The van der Waals surface area contributed by atoms with Gasteiger partial charge in [0.05, 0.1) is 5.75 Å². The first kappa shape index (κ1) is 23.5. The number of carbonyl (C=O) groups is 2. The number of piperidine rings is 2. The van der Waals surface area contributed by atoms with Crippen LogP contribution in [0.3, 0.4) is 0 Å². The summed E-state index contributed by atoms with van der Waals surface area (Å²) in [5, 5.41) is 12.1. The van der Waals surface area contributed by atoms with Gasteiger partial charge in [-0.25, -0.2) is 4.39 Å². The molecular formula is C24H30FN5O2S. The molecule has 0 atom stereocenters. The van der Waals surface area contributed by atoms with Crippen LogP contribution in [-0.4, -0.2) is 58.8 Å². The molecule has 1 aromatic heterocycles. The zero-order valence-electron chi connectivity index (χ0n) is 18.7. The predicted octanol–water partition coefficient (Wildman–Crippen LogP) is 3.25. The molecule has 0 unspecified atom stereocenters. The van der Waals surface area contributed by atoms with Crippen LogP contribution in [0.25, 0.3) is 0 Å². The average Bonchev–Trinajstić information content (AvgIpc) is 2.87. The lowest BCUT2D eigenvalue weighted by molar-refractivity contribution is -0.137. The summed E-state index contributed by atoms with van der Waals surface area (Å²) in [4.78, 5) is 29.0. The van der Waals surface area contributed by atoms with Crippen LogP contribution in [0.2, 0.25) is 0 Å². The van der Waals surface area contributed by atoms with Gasteiger partial charge in [0.15, 0.2) is 5.82 Å². The predicted molar refractivity (Wildman–Crippen MR) is 126 cm³/mol. The molecule has 2 amide bonds. The normalized spacial score (nSPS) is 17.1. The number of anilines is 1. The number of aromatic nitrogens is 2. The van der Waals surface area contributed by atoms with Gasteiger partial charge in [-0.2, -0.15) is 0 Å². The summed E-state index contributed by atoms with van der Waals surface area (Å²) in [5.74, 6) is 1.08. The van der Waals surface area contributed by atoms with E-state index in [9.17, 15) is 14.0 Å². The summed E-state index contributed by atoms with van der Waals surface area (Å²) in [5.41, 5.74) is 0.847. The van der Waals surface area contributed by atoms with Gasteiger partial charge in [-0.05, 0) is 61.9 Å². The quantitative estimate of drug-likeness (QED) is 0.625. The number of carbonyl (C=O) groups excluding carboxylic acids is 2. The van der Waals surface area contributed by atoms with E-state index in [1.165, 1.54) is 30.3 Å². The standard InChI is InChI=1S/C24H30FN5O2S/c25-20-6-4-18(5-7-20)16-26-22(31)17-33-23-9-8-21(27-28-23)29-14-10-19(11-15-29)24(32)30-12-2-1-3-13-30/h4-9,19H,1-3,10-17H2,(H,26,31). The lowest BCUT2D eigenvalue weighted by Gasteiger charge is -2.35. The summed E-state index contributed by atoms with van der Waals surface area (Å²) in [6, 6.07) is 9.87. The van der Waals surface area contributed by atoms with Crippen LogP contribution in [-0.2, 0) is 16.1 Å². The third kappa shape index (κ3) is 6.66. The van der Waals surface area contributed by atoms with E-state index < -0.39 is 0 Å². The Morgan fingerprint density at radius 1 is 0.970 bits per heavy atom. The zero-order valence-corrected chi connectivity index (χ0v) is 19.5. The van der Waals surface area contributed by atoms with E-state index in [-0.39, 0.29) is 23.4 Å². The van der Waals surface area contributed by atoms with Gasteiger partial charge in [-0.3, -0.25) is 9.59 Å². The van der Waals surface area contributed by atoms with Crippen LogP contribution in [0.4, 0.5) is 10.2 Å². The molecule has 7 nitrogen and oxygen atoms in total. The minimum atomic E-state index is -0.294. The van der Waals surface area contributed by atoms with Crippen LogP contribution in [0.5, 0.6) is 0 Å². The van der Waals surface area contributed by atoms with Crippen LogP contribution in [0, 0.1) is 11.7 Å². The van der Waals surface area contributed by atoms with Gasteiger partial charge in [0.25, 0.3) is 0 Å². The lowest BCUT2D eigenvalue weighted by Crippen LogP contribution is -2.44. The number of rotatable bonds is 7. The number of amides is 2. The van der Waals surface area contributed by atoms with E-state index in [0.717, 1.165) is 63.2 Å². The summed E-state index contributed by atoms with van der Waals surface area (Å²) in [6.07, 6.45) is 5.18. The molecule has 1 aromatic carbocycles.